The van der Waals surface area contributed by atoms with Crippen molar-refractivity contribution in [3.63, 3.8) is 0 Å². The quantitative estimate of drug-likeness (QED) is 0.852. The van der Waals surface area contributed by atoms with Crippen molar-refractivity contribution in [3.05, 3.63) is 60.2 Å². The van der Waals surface area contributed by atoms with Crippen LogP contribution in [0.1, 0.15) is 5.56 Å². The Hall–Kier alpha value is -2.75. The Kier molecular flexibility index (Phi) is 4.61. The van der Waals surface area contributed by atoms with E-state index in [0.29, 0.717) is 0 Å². The van der Waals surface area contributed by atoms with Crippen LogP contribution in [0.4, 0.5) is 11.4 Å². The molecule has 0 bridgehead atoms. The predicted octanol–water partition coefficient (Wildman–Crippen LogP) is 3.56. The fraction of sp³-hybridized carbons (Fsp3) is 0.118. The molecule has 0 fully saturated rings. The Labute approximate surface area is 123 Å². The first-order valence-corrected chi connectivity index (χ1v) is 6.49. The summed E-state index contributed by atoms with van der Waals surface area (Å²) >= 11 is 0. The molecule has 0 aliphatic rings. The van der Waals surface area contributed by atoms with Crippen LogP contribution in [-0.4, -0.2) is 25.2 Å². The lowest BCUT2D eigenvalue weighted by molar-refractivity contribution is -0.131. The molecule has 2 aromatic rings. The number of hydrogen-bond donors (Lipinski definition) is 1. The molecule has 108 valence electrons. The van der Waals surface area contributed by atoms with E-state index in [1.54, 1.807) is 13.2 Å². The van der Waals surface area contributed by atoms with Crippen LogP contribution in [0.25, 0.3) is 6.08 Å². The molecule has 0 aliphatic heterocycles. The first-order valence-electron chi connectivity index (χ1n) is 6.49. The molecule has 0 atom stereocenters. The van der Waals surface area contributed by atoms with Gasteiger partial charge in [0.1, 0.15) is 5.75 Å². The first kappa shape index (κ1) is 14.7. The largest absolute Gasteiger partial charge is 0.497 e. The molecule has 21 heavy (non-hydrogen) atoms. The van der Waals surface area contributed by atoms with E-state index in [0.717, 1.165) is 28.8 Å². The molecule has 1 N–H and O–H groups in total. The van der Waals surface area contributed by atoms with E-state index < -0.39 is 5.97 Å². The molecule has 2 aromatic carbocycles. The molecule has 4 heteroatoms. The van der Waals surface area contributed by atoms with E-state index in [4.69, 9.17) is 9.84 Å². The lowest BCUT2D eigenvalue weighted by atomic mass is 10.1. The number of benzene rings is 2. The van der Waals surface area contributed by atoms with E-state index in [2.05, 4.69) is 0 Å². The number of carbonyl (C=O) groups is 1. The Morgan fingerprint density at radius 1 is 1.05 bits per heavy atom. The minimum atomic E-state index is -0.950. The number of carboxylic acids is 1. The predicted molar refractivity (Wildman–Crippen MR) is 84.2 cm³/mol. The van der Waals surface area contributed by atoms with Crippen molar-refractivity contribution in [1.82, 2.24) is 0 Å². The zero-order valence-corrected chi connectivity index (χ0v) is 12.0. The summed E-state index contributed by atoms with van der Waals surface area (Å²) in [6.45, 7) is 0. The highest BCUT2D eigenvalue weighted by atomic mass is 16.5. The molecule has 2 rings (SSSR count). The SMILES string of the molecule is COc1ccc(N(C)c2ccc(C=CC(=O)O)cc2)cc1. The van der Waals surface area contributed by atoms with E-state index in [1.807, 2.05) is 60.5 Å². The van der Waals surface area contributed by atoms with Gasteiger partial charge in [0, 0.05) is 24.5 Å². The molecule has 0 aliphatic carbocycles. The van der Waals surface area contributed by atoms with E-state index >= 15 is 0 Å². The molecule has 0 saturated carbocycles. The van der Waals surface area contributed by atoms with E-state index in [1.165, 1.54) is 0 Å². The highest BCUT2D eigenvalue weighted by molar-refractivity contribution is 5.85. The van der Waals surface area contributed by atoms with Gasteiger partial charge in [-0.2, -0.15) is 0 Å². The van der Waals surface area contributed by atoms with Gasteiger partial charge in [-0.1, -0.05) is 12.1 Å². The van der Waals surface area contributed by atoms with Crippen molar-refractivity contribution in [2.75, 3.05) is 19.1 Å². The first-order chi connectivity index (χ1) is 10.1. The maximum atomic E-state index is 10.5. The lowest BCUT2D eigenvalue weighted by Gasteiger charge is -2.19. The summed E-state index contributed by atoms with van der Waals surface area (Å²) in [7, 11) is 3.62. The standard InChI is InChI=1S/C17H17NO3/c1-18(15-8-10-16(21-2)11-9-15)14-6-3-13(4-7-14)5-12-17(19)20/h3-12H,1-2H3,(H,19,20). The average Bonchev–Trinajstić information content (AvgIpc) is 2.53. The molecule has 0 aromatic heterocycles. The monoisotopic (exact) mass is 283 g/mol. The minimum Gasteiger partial charge on any atom is -0.497 e. The van der Waals surface area contributed by atoms with Crippen molar-refractivity contribution in [1.29, 1.82) is 0 Å². The Morgan fingerprint density at radius 2 is 1.57 bits per heavy atom. The summed E-state index contributed by atoms with van der Waals surface area (Å²) in [5.41, 5.74) is 2.92. The molecule has 0 saturated heterocycles. The van der Waals surface area contributed by atoms with Crippen LogP contribution in [0.5, 0.6) is 5.75 Å². The van der Waals surface area contributed by atoms with Gasteiger partial charge in [0.2, 0.25) is 0 Å². The third kappa shape index (κ3) is 3.86. The fourth-order valence-corrected chi connectivity index (χ4v) is 1.93. The van der Waals surface area contributed by atoms with Gasteiger partial charge >= 0.3 is 5.97 Å². The number of methoxy groups -OCH3 is 1. The van der Waals surface area contributed by atoms with Crippen LogP contribution in [0.3, 0.4) is 0 Å². The second-order valence-corrected chi connectivity index (χ2v) is 4.52. The summed E-state index contributed by atoms with van der Waals surface area (Å²) in [6, 6.07) is 15.5. The lowest BCUT2D eigenvalue weighted by Crippen LogP contribution is -2.08. The van der Waals surface area contributed by atoms with E-state index in [-0.39, 0.29) is 0 Å². The molecule has 0 amide bonds. The van der Waals surface area contributed by atoms with Gasteiger partial charge < -0.3 is 14.7 Å². The van der Waals surface area contributed by atoms with Gasteiger partial charge in [0.05, 0.1) is 7.11 Å². The Morgan fingerprint density at radius 3 is 2.05 bits per heavy atom. The Balaban J connectivity index is 2.15. The zero-order chi connectivity index (χ0) is 15.2. The van der Waals surface area contributed by atoms with Crippen molar-refractivity contribution in [2.24, 2.45) is 0 Å². The van der Waals surface area contributed by atoms with Crippen molar-refractivity contribution < 1.29 is 14.6 Å². The normalized spacial score (nSPS) is 10.6. The third-order valence-corrected chi connectivity index (χ3v) is 3.16. The molecular formula is C17H17NO3. The molecule has 0 radical (unpaired) electrons. The number of anilines is 2. The third-order valence-electron chi connectivity index (χ3n) is 3.16. The van der Waals surface area contributed by atoms with Crippen molar-refractivity contribution >= 4 is 23.4 Å². The number of hydrogen-bond acceptors (Lipinski definition) is 3. The minimum absolute atomic E-state index is 0.821. The topological polar surface area (TPSA) is 49.8 Å². The highest BCUT2D eigenvalue weighted by Gasteiger charge is 2.03. The molecule has 0 unspecified atom stereocenters. The van der Waals surface area contributed by atoms with E-state index in [9.17, 15) is 4.79 Å². The fourth-order valence-electron chi connectivity index (χ4n) is 1.93. The van der Waals surface area contributed by atoms with Crippen molar-refractivity contribution in [3.8, 4) is 5.75 Å². The van der Waals surface area contributed by atoms with Crippen LogP contribution >= 0.6 is 0 Å². The molecule has 0 heterocycles. The molecular weight excluding hydrogens is 266 g/mol. The highest BCUT2D eigenvalue weighted by Crippen LogP contribution is 2.25. The number of ether oxygens (including phenoxy) is 1. The summed E-state index contributed by atoms with van der Waals surface area (Å²) in [5, 5.41) is 8.60. The summed E-state index contributed by atoms with van der Waals surface area (Å²) in [5.74, 6) is -0.129. The van der Waals surface area contributed by atoms with Gasteiger partial charge in [0.25, 0.3) is 0 Å². The molecule has 4 nitrogen and oxygen atoms in total. The van der Waals surface area contributed by atoms with Crippen molar-refractivity contribution in [2.45, 2.75) is 0 Å². The maximum absolute atomic E-state index is 10.5. The maximum Gasteiger partial charge on any atom is 0.328 e. The van der Waals surface area contributed by atoms with Crippen LogP contribution in [0, 0.1) is 0 Å². The van der Waals surface area contributed by atoms with Gasteiger partial charge in [-0.25, -0.2) is 4.79 Å². The Bertz CT molecular complexity index is 630. The zero-order valence-electron chi connectivity index (χ0n) is 12.0. The smallest absolute Gasteiger partial charge is 0.328 e. The molecule has 0 spiro atoms. The van der Waals surface area contributed by atoms with Gasteiger partial charge in [-0.05, 0) is 48.0 Å². The number of aliphatic carboxylic acids is 1. The van der Waals surface area contributed by atoms with Crippen LogP contribution in [-0.2, 0) is 4.79 Å². The second-order valence-electron chi connectivity index (χ2n) is 4.52. The number of rotatable bonds is 5. The van der Waals surface area contributed by atoms with Gasteiger partial charge in [-0.3, -0.25) is 0 Å². The van der Waals surface area contributed by atoms with Gasteiger partial charge in [0.15, 0.2) is 0 Å². The van der Waals surface area contributed by atoms with Crippen LogP contribution < -0.4 is 9.64 Å². The number of nitrogens with zero attached hydrogens (tertiary/aromatic N) is 1. The summed E-state index contributed by atoms with van der Waals surface area (Å²) in [4.78, 5) is 12.5. The average molecular weight is 283 g/mol. The summed E-state index contributed by atoms with van der Waals surface area (Å²) in [6.07, 6.45) is 2.70. The summed E-state index contributed by atoms with van der Waals surface area (Å²) < 4.78 is 5.14. The second kappa shape index (κ2) is 6.61. The number of carboxylic acid groups (broad SMARTS) is 1. The van der Waals surface area contributed by atoms with Crippen LogP contribution in [0.15, 0.2) is 54.6 Å². The van der Waals surface area contributed by atoms with Crippen LogP contribution in [0.2, 0.25) is 0 Å². The van der Waals surface area contributed by atoms with Gasteiger partial charge in [-0.15, -0.1) is 0 Å².